The smallest absolute Gasteiger partial charge is 0.313 e. The maximum atomic E-state index is 11.7. The molecule has 2 amide bonds. The lowest BCUT2D eigenvalue weighted by atomic mass is 9.84. The van der Waals surface area contributed by atoms with Crippen LogP contribution < -0.4 is 0 Å². The normalized spacial score (nSPS) is 34.2. The van der Waals surface area contributed by atoms with Crippen molar-refractivity contribution in [2.45, 2.75) is 13.0 Å². The van der Waals surface area contributed by atoms with Crippen molar-refractivity contribution in [2.75, 3.05) is 24.7 Å². The molecule has 0 bridgehead atoms. The molecule has 0 aromatic rings. The highest BCUT2D eigenvalue weighted by Crippen LogP contribution is 2.34. The summed E-state index contributed by atoms with van der Waals surface area (Å²) in [7, 11) is 0. The summed E-state index contributed by atoms with van der Waals surface area (Å²) in [4.78, 5) is 35.8. The first kappa shape index (κ1) is 12.4. The summed E-state index contributed by atoms with van der Waals surface area (Å²) in [6, 6.07) is -0.694. The van der Waals surface area contributed by atoms with Crippen LogP contribution in [0.2, 0.25) is 0 Å². The quantitative estimate of drug-likeness (QED) is 0.678. The Hall–Kier alpha value is -1.08. The molecule has 0 saturated carbocycles. The number of aliphatic carboxylic acids is 1. The molecule has 2 aliphatic heterocycles. The molecule has 2 aliphatic rings. The lowest BCUT2D eigenvalue weighted by Gasteiger charge is -2.35. The number of thioether (sulfide) groups is 1. The number of hydrogen-bond acceptors (Lipinski definition) is 5. The molecule has 0 radical (unpaired) electrons. The SMILES string of the molecule is CC1(C(=O)O)COCC1N1C(=O)CSCC1=O. The van der Waals surface area contributed by atoms with Crippen LogP contribution in [-0.2, 0) is 19.1 Å². The van der Waals surface area contributed by atoms with Gasteiger partial charge in [-0.2, -0.15) is 0 Å². The van der Waals surface area contributed by atoms with Gasteiger partial charge in [-0.1, -0.05) is 0 Å². The predicted molar refractivity (Wildman–Crippen MR) is 59.5 cm³/mol. The molecule has 0 aliphatic carbocycles. The molecular formula is C10H13NO5S. The monoisotopic (exact) mass is 259 g/mol. The number of carboxylic acids is 1. The Morgan fingerprint density at radius 2 is 2.06 bits per heavy atom. The summed E-state index contributed by atoms with van der Waals surface area (Å²) in [6.07, 6.45) is 0. The van der Waals surface area contributed by atoms with E-state index in [-0.39, 0.29) is 36.5 Å². The van der Waals surface area contributed by atoms with Gasteiger partial charge in [0.05, 0.1) is 30.8 Å². The van der Waals surface area contributed by atoms with Crippen LogP contribution in [0.1, 0.15) is 6.92 Å². The van der Waals surface area contributed by atoms with Gasteiger partial charge >= 0.3 is 5.97 Å². The van der Waals surface area contributed by atoms with E-state index in [1.54, 1.807) is 0 Å². The highest BCUT2D eigenvalue weighted by molar-refractivity contribution is 8.00. The van der Waals surface area contributed by atoms with Crippen molar-refractivity contribution >= 4 is 29.5 Å². The van der Waals surface area contributed by atoms with Gasteiger partial charge in [-0.3, -0.25) is 19.3 Å². The van der Waals surface area contributed by atoms with E-state index in [4.69, 9.17) is 4.74 Å². The number of amides is 2. The molecule has 17 heavy (non-hydrogen) atoms. The van der Waals surface area contributed by atoms with E-state index in [9.17, 15) is 19.5 Å². The first-order valence-corrected chi connectivity index (χ1v) is 6.36. The van der Waals surface area contributed by atoms with Crippen LogP contribution in [0, 0.1) is 5.41 Å². The highest BCUT2D eigenvalue weighted by Gasteiger charge is 2.52. The summed E-state index contributed by atoms with van der Waals surface area (Å²) in [6.45, 7) is 1.64. The Balaban J connectivity index is 2.29. The molecule has 1 N–H and O–H groups in total. The maximum Gasteiger partial charge on any atom is 0.313 e. The van der Waals surface area contributed by atoms with Gasteiger partial charge in [0.1, 0.15) is 5.41 Å². The third-order valence-electron chi connectivity index (χ3n) is 3.20. The first-order valence-electron chi connectivity index (χ1n) is 5.20. The van der Waals surface area contributed by atoms with Crippen LogP contribution in [0.3, 0.4) is 0 Å². The van der Waals surface area contributed by atoms with Gasteiger partial charge in [-0.25, -0.2) is 0 Å². The second-order valence-electron chi connectivity index (χ2n) is 4.40. The molecule has 7 heteroatoms. The Kier molecular flexibility index (Phi) is 3.13. The number of imide groups is 1. The molecule has 2 saturated heterocycles. The van der Waals surface area contributed by atoms with Gasteiger partial charge in [0.2, 0.25) is 11.8 Å². The zero-order valence-corrected chi connectivity index (χ0v) is 10.2. The summed E-state index contributed by atoms with van der Waals surface area (Å²) >= 11 is 1.25. The molecule has 2 rings (SSSR count). The number of carbonyl (C=O) groups is 3. The van der Waals surface area contributed by atoms with E-state index in [1.165, 1.54) is 18.7 Å². The van der Waals surface area contributed by atoms with Crippen molar-refractivity contribution < 1.29 is 24.2 Å². The third-order valence-corrected chi connectivity index (χ3v) is 4.10. The largest absolute Gasteiger partial charge is 0.481 e. The van der Waals surface area contributed by atoms with Crippen molar-refractivity contribution in [2.24, 2.45) is 5.41 Å². The predicted octanol–water partition coefficient (Wildman–Crippen LogP) is -0.422. The molecule has 0 spiro atoms. The lowest BCUT2D eigenvalue weighted by molar-refractivity contribution is -0.155. The van der Waals surface area contributed by atoms with Crippen molar-refractivity contribution in [3.05, 3.63) is 0 Å². The van der Waals surface area contributed by atoms with Gasteiger partial charge < -0.3 is 9.84 Å². The van der Waals surface area contributed by atoms with E-state index < -0.39 is 17.4 Å². The fourth-order valence-corrected chi connectivity index (χ4v) is 2.81. The van der Waals surface area contributed by atoms with Gasteiger partial charge in [0, 0.05) is 0 Å². The van der Waals surface area contributed by atoms with Crippen LogP contribution in [0.25, 0.3) is 0 Å². The van der Waals surface area contributed by atoms with Crippen LogP contribution in [0.5, 0.6) is 0 Å². The zero-order valence-electron chi connectivity index (χ0n) is 9.34. The Morgan fingerprint density at radius 3 is 2.59 bits per heavy atom. The van der Waals surface area contributed by atoms with Gasteiger partial charge in [0.15, 0.2) is 0 Å². The molecule has 2 unspecified atom stereocenters. The first-order chi connectivity index (χ1) is 7.97. The molecule has 6 nitrogen and oxygen atoms in total. The summed E-state index contributed by atoms with van der Waals surface area (Å²) in [5.74, 6) is -1.25. The van der Waals surface area contributed by atoms with Crippen LogP contribution in [-0.4, -0.2) is 58.6 Å². The molecule has 0 aromatic carbocycles. The third kappa shape index (κ3) is 1.93. The van der Waals surface area contributed by atoms with Crippen molar-refractivity contribution in [1.29, 1.82) is 0 Å². The second kappa shape index (κ2) is 4.30. The minimum Gasteiger partial charge on any atom is -0.481 e. The molecule has 94 valence electrons. The molecule has 2 fully saturated rings. The lowest BCUT2D eigenvalue weighted by Crippen LogP contribution is -2.57. The number of carboxylic acid groups (broad SMARTS) is 1. The van der Waals surface area contributed by atoms with Crippen molar-refractivity contribution in [1.82, 2.24) is 4.90 Å². The molecule has 2 atom stereocenters. The van der Waals surface area contributed by atoms with Gasteiger partial charge in [0.25, 0.3) is 0 Å². The average Bonchev–Trinajstić information content (AvgIpc) is 2.62. The maximum absolute atomic E-state index is 11.7. The van der Waals surface area contributed by atoms with Crippen LogP contribution in [0.4, 0.5) is 0 Å². The van der Waals surface area contributed by atoms with E-state index >= 15 is 0 Å². The standard InChI is InChI=1S/C10H13NO5S/c1-10(9(14)15)5-16-2-6(10)11-7(12)3-17-4-8(11)13/h6H,2-5H2,1H3,(H,14,15). The van der Waals surface area contributed by atoms with E-state index in [1.807, 2.05) is 0 Å². The van der Waals surface area contributed by atoms with Gasteiger partial charge in [-0.15, -0.1) is 11.8 Å². The fourth-order valence-electron chi connectivity index (χ4n) is 2.08. The zero-order chi connectivity index (χ0) is 12.6. The average molecular weight is 259 g/mol. The Bertz CT molecular complexity index is 369. The Morgan fingerprint density at radius 1 is 1.47 bits per heavy atom. The molecule has 2 heterocycles. The fraction of sp³-hybridized carbons (Fsp3) is 0.700. The number of hydrogen-bond donors (Lipinski definition) is 1. The number of carbonyl (C=O) groups excluding carboxylic acids is 2. The number of ether oxygens (including phenoxy) is 1. The molecular weight excluding hydrogens is 246 g/mol. The minimum atomic E-state index is -1.20. The van der Waals surface area contributed by atoms with Gasteiger partial charge in [-0.05, 0) is 6.92 Å². The second-order valence-corrected chi connectivity index (χ2v) is 5.39. The van der Waals surface area contributed by atoms with Crippen LogP contribution >= 0.6 is 11.8 Å². The highest BCUT2D eigenvalue weighted by atomic mass is 32.2. The number of nitrogens with zero attached hydrogens (tertiary/aromatic N) is 1. The van der Waals surface area contributed by atoms with E-state index in [0.29, 0.717) is 0 Å². The number of rotatable bonds is 2. The molecule has 0 aromatic heterocycles. The van der Waals surface area contributed by atoms with Crippen molar-refractivity contribution in [3.8, 4) is 0 Å². The topological polar surface area (TPSA) is 83.9 Å². The summed E-state index contributed by atoms with van der Waals surface area (Å²) in [5, 5.41) is 9.21. The van der Waals surface area contributed by atoms with E-state index in [0.717, 1.165) is 4.90 Å². The summed E-state index contributed by atoms with van der Waals surface area (Å²) in [5.41, 5.74) is -1.20. The Labute approximate surface area is 102 Å². The van der Waals surface area contributed by atoms with E-state index in [2.05, 4.69) is 0 Å². The minimum absolute atomic E-state index is 0.0250. The summed E-state index contributed by atoms with van der Waals surface area (Å²) < 4.78 is 5.15. The van der Waals surface area contributed by atoms with Crippen molar-refractivity contribution in [3.63, 3.8) is 0 Å². The van der Waals surface area contributed by atoms with Crippen LogP contribution in [0.15, 0.2) is 0 Å².